The molecule has 0 aliphatic heterocycles. The van der Waals surface area contributed by atoms with E-state index >= 15 is 0 Å². The number of hydrogen-bond acceptors (Lipinski definition) is 2. The number of benzene rings is 1. The lowest BCUT2D eigenvalue weighted by molar-refractivity contribution is 0.182. The fraction of sp³-hybridized carbons (Fsp3) is 0.538. The molecule has 0 radical (unpaired) electrons. The van der Waals surface area contributed by atoms with Crippen LogP contribution in [0.1, 0.15) is 31.0 Å². The van der Waals surface area contributed by atoms with Crippen LogP contribution in [0.5, 0.6) is 0 Å². The summed E-state index contributed by atoms with van der Waals surface area (Å²) >= 11 is 0. The molecule has 2 unspecified atom stereocenters. The molecule has 1 aromatic carbocycles. The predicted molar refractivity (Wildman–Crippen MR) is 61.7 cm³/mol. The van der Waals surface area contributed by atoms with Crippen LogP contribution in [0.3, 0.4) is 0 Å². The van der Waals surface area contributed by atoms with Gasteiger partial charge in [-0.15, -0.1) is 0 Å². The molecule has 16 heavy (non-hydrogen) atoms. The van der Waals surface area contributed by atoms with Crippen LogP contribution < -0.4 is 5.32 Å². The minimum atomic E-state index is -0.371. The highest BCUT2D eigenvalue weighted by molar-refractivity contribution is 5.36. The number of aliphatic hydroxyl groups is 1. The average Bonchev–Trinajstić information content (AvgIpc) is 2.51. The summed E-state index contributed by atoms with van der Waals surface area (Å²) in [5, 5.41) is 12.6. The first kappa shape index (κ1) is 11.6. The van der Waals surface area contributed by atoms with Crippen LogP contribution in [0.25, 0.3) is 0 Å². The molecular formula is C13H18FNO. The summed E-state index contributed by atoms with van der Waals surface area (Å²) in [6.07, 6.45) is 0.609. The average molecular weight is 223 g/mol. The van der Waals surface area contributed by atoms with Gasteiger partial charge in [0, 0.05) is 12.6 Å². The van der Waals surface area contributed by atoms with Crippen LogP contribution in [-0.2, 0) is 6.42 Å². The largest absolute Gasteiger partial charge is 0.392 e. The molecule has 0 saturated heterocycles. The van der Waals surface area contributed by atoms with Gasteiger partial charge in [-0.3, -0.25) is 0 Å². The molecule has 1 aliphatic rings. The van der Waals surface area contributed by atoms with Crippen LogP contribution in [0.2, 0.25) is 0 Å². The van der Waals surface area contributed by atoms with Crippen molar-refractivity contribution in [1.82, 2.24) is 5.32 Å². The summed E-state index contributed by atoms with van der Waals surface area (Å²) < 4.78 is 13.2. The Morgan fingerprint density at radius 3 is 3.00 bits per heavy atom. The molecule has 1 aromatic rings. The predicted octanol–water partition coefficient (Wildman–Crippen LogP) is 2.03. The number of nitrogens with one attached hydrogen (secondary N) is 1. The Balaban J connectivity index is 2.18. The SMILES string of the molecule is CC1Cc2ccc(F)cc2C1NC[C@H](C)O. The first-order valence-corrected chi connectivity index (χ1v) is 5.77. The van der Waals surface area contributed by atoms with Gasteiger partial charge in [-0.05, 0) is 42.5 Å². The summed E-state index contributed by atoms with van der Waals surface area (Å²) in [4.78, 5) is 0. The first-order valence-electron chi connectivity index (χ1n) is 5.77. The zero-order valence-electron chi connectivity index (χ0n) is 9.70. The second-order valence-electron chi connectivity index (χ2n) is 4.76. The van der Waals surface area contributed by atoms with E-state index in [9.17, 15) is 9.50 Å². The summed E-state index contributed by atoms with van der Waals surface area (Å²) in [6.45, 7) is 4.45. The Bertz CT molecular complexity index is 378. The van der Waals surface area contributed by atoms with Gasteiger partial charge >= 0.3 is 0 Å². The van der Waals surface area contributed by atoms with E-state index in [0.717, 1.165) is 12.0 Å². The highest BCUT2D eigenvalue weighted by atomic mass is 19.1. The molecule has 2 N–H and O–H groups in total. The number of halogens is 1. The molecule has 0 aromatic heterocycles. The molecule has 1 aliphatic carbocycles. The van der Waals surface area contributed by atoms with Crippen molar-refractivity contribution in [2.24, 2.45) is 5.92 Å². The van der Waals surface area contributed by atoms with Crippen LogP contribution in [0.15, 0.2) is 18.2 Å². The number of aliphatic hydroxyl groups excluding tert-OH is 1. The third kappa shape index (κ3) is 2.25. The van der Waals surface area contributed by atoms with Gasteiger partial charge < -0.3 is 10.4 Å². The van der Waals surface area contributed by atoms with Gasteiger partial charge in [0.05, 0.1) is 6.10 Å². The lowest BCUT2D eigenvalue weighted by Gasteiger charge is -2.19. The molecular weight excluding hydrogens is 205 g/mol. The van der Waals surface area contributed by atoms with Crippen molar-refractivity contribution in [3.8, 4) is 0 Å². The molecule has 2 rings (SSSR count). The molecule has 0 heterocycles. The van der Waals surface area contributed by atoms with Gasteiger partial charge in [0.1, 0.15) is 5.82 Å². The van der Waals surface area contributed by atoms with Crippen molar-refractivity contribution < 1.29 is 9.50 Å². The normalized spacial score (nSPS) is 25.5. The van der Waals surface area contributed by atoms with Crippen molar-refractivity contribution in [3.63, 3.8) is 0 Å². The lowest BCUT2D eigenvalue weighted by Crippen LogP contribution is -2.30. The van der Waals surface area contributed by atoms with E-state index in [1.165, 1.54) is 11.6 Å². The molecule has 0 amide bonds. The second-order valence-corrected chi connectivity index (χ2v) is 4.76. The van der Waals surface area contributed by atoms with Crippen molar-refractivity contribution in [3.05, 3.63) is 35.1 Å². The molecule has 2 nitrogen and oxygen atoms in total. The second kappa shape index (κ2) is 4.52. The molecule has 3 heteroatoms. The molecule has 0 spiro atoms. The van der Waals surface area contributed by atoms with Crippen molar-refractivity contribution in [2.45, 2.75) is 32.4 Å². The molecule has 0 fully saturated rings. The van der Waals surface area contributed by atoms with Crippen molar-refractivity contribution >= 4 is 0 Å². The summed E-state index contributed by atoms with van der Waals surface area (Å²) in [6, 6.07) is 5.16. The fourth-order valence-electron chi connectivity index (χ4n) is 2.42. The lowest BCUT2D eigenvalue weighted by atomic mass is 10.0. The van der Waals surface area contributed by atoms with Gasteiger partial charge in [0.2, 0.25) is 0 Å². The fourth-order valence-corrected chi connectivity index (χ4v) is 2.42. The van der Waals surface area contributed by atoms with Crippen LogP contribution in [0.4, 0.5) is 4.39 Å². The Morgan fingerprint density at radius 1 is 1.56 bits per heavy atom. The van der Waals surface area contributed by atoms with Crippen LogP contribution >= 0.6 is 0 Å². The first-order chi connectivity index (χ1) is 7.58. The van der Waals surface area contributed by atoms with E-state index in [1.54, 1.807) is 13.0 Å². The van der Waals surface area contributed by atoms with Crippen LogP contribution in [-0.4, -0.2) is 17.8 Å². The van der Waals surface area contributed by atoms with E-state index in [1.807, 2.05) is 6.07 Å². The summed E-state index contributed by atoms with van der Waals surface area (Å²) in [5.41, 5.74) is 2.27. The quantitative estimate of drug-likeness (QED) is 0.821. The zero-order chi connectivity index (χ0) is 11.7. The van der Waals surface area contributed by atoms with E-state index in [2.05, 4.69) is 12.2 Å². The van der Waals surface area contributed by atoms with Gasteiger partial charge in [-0.25, -0.2) is 4.39 Å². The third-order valence-corrected chi connectivity index (χ3v) is 3.19. The monoisotopic (exact) mass is 223 g/mol. The topological polar surface area (TPSA) is 32.3 Å². The standard InChI is InChI=1S/C13H18FNO/c1-8-5-10-3-4-11(14)6-12(10)13(8)15-7-9(2)16/h3-4,6,8-9,13,15-16H,5,7H2,1-2H3/t8?,9-,13?/m0/s1. The van der Waals surface area contributed by atoms with Gasteiger partial charge in [0.15, 0.2) is 0 Å². The number of hydrogen-bond donors (Lipinski definition) is 2. The molecule has 0 bridgehead atoms. The van der Waals surface area contributed by atoms with Crippen molar-refractivity contribution in [1.29, 1.82) is 0 Å². The Morgan fingerprint density at radius 2 is 2.31 bits per heavy atom. The maximum Gasteiger partial charge on any atom is 0.123 e. The van der Waals surface area contributed by atoms with E-state index in [4.69, 9.17) is 0 Å². The highest BCUT2D eigenvalue weighted by Gasteiger charge is 2.29. The Hall–Kier alpha value is -0.930. The minimum absolute atomic E-state index is 0.167. The zero-order valence-corrected chi connectivity index (χ0v) is 9.70. The maximum absolute atomic E-state index is 13.2. The number of rotatable bonds is 3. The van der Waals surface area contributed by atoms with E-state index < -0.39 is 0 Å². The summed E-state index contributed by atoms with van der Waals surface area (Å²) in [5.74, 6) is 0.271. The highest BCUT2D eigenvalue weighted by Crippen LogP contribution is 2.36. The molecule has 3 atom stereocenters. The van der Waals surface area contributed by atoms with Gasteiger partial charge in [0.25, 0.3) is 0 Å². The van der Waals surface area contributed by atoms with Gasteiger partial charge in [-0.2, -0.15) is 0 Å². The molecule has 0 saturated carbocycles. The number of fused-ring (bicyclic) bond motifs is 1. The van der Waals surface area contributed by atoms with Crippen molar-refractivity contribution in [2.75, 3.05) is 6.54 Å². The Labute approximate surface area is 95.5 Å². The maximum atomic E-state index is 13.2. The minimum Gasteiger partial charge on any atom is -0.392 e. The van der Waals surface area contributed by atoms with Crippen LogP contribution in [0, 0.1) is 11.7 Å². The summed E-state index contributed by atoms with van der Waals surface area (Å²) in [7, 11) is 0. The Kier molecular flexibility index (Phi) is 3.26. The van der Waals surface area contributed by atoms with E-state index in [0.29, 0.717) is 12.5 Å². The van der Waals surface area contributed by atoms with Gasteiger partial charge in [-0.1, -0.05) is 13.0 Å². The van der Waals surface area contributed by atoms with E-state index in [-0.39, 0.29) is 18.0 Å². The molecule has 88 valence electrons. The third-order valence-electron chi connectivity index (χ3n) is 3.19. The smallest absolute Gasteiger partial charge is 0.123 e.